The summed E-state index contributed by atoms with van der Waals surface area (Å²) in [7, 11) is 0. The molecular weight excluding hydrogens is 366 g/mol. The molecule has 0 aliphatic heterocycles. The van der Waals surface area contributed by atoms with Gasteiger partial charge < -0.3 is 10.1 Å². The molecule has 0 fully saturated rings. The number of benzene rings is 1. The van der Waals surface area contributed by atoms with E-state index in [2.05, 4.69) is 20.4 Å². The second kappa shape index (κ2) is 8.10. The minimum absolute atomic E-state index is 0.114. The minimum Gasteiger partial charge on any atom is -0.468 e. The third kappa shape index (κ3) is 4.08. The summed E-state index contributed by atoms with van der Waals surface area (Å²) in [6.45, 7) is 4.24. The number of carbonyl (C=O) groups excluding carboxylic acids is 1. The molecule has 4 aromatic rings. The Balaban J connectivity index is 1.51. The third-order valence-corrected chi connectivity index (χ3v) is 4.55. The van der Waals surface area contributed by atoms with Crippen LogP contribution in [0, 0.1) is 13.8 Å². The number of nitrogens with one attached hydrogen (secondary N) is 1. The number of nitrogens with zero attached hydrogens (tertiary/aromatic N) is 4. The first kappa shape index (κ1) is 18.6. The number of carbonyl (C=O) groups is 1. The molecule has 3 aromatic heterocycles. The number of aryl methyl sites for hydroxylation is 2. The summed E-state index contributed by atoms with van der Waals surface area (Å²) in [5.41, 5.74) is 4.46. The molecule has 7 heteroatoms. The van der Waals surface area contributed by atoms with Gasteiger partial charge in [-0.1, -0.05) is 24.3 Å². The van der Waals surface area contributed by atoms with Gasteiger partial charge in [-0.2, -0.15) is 10.1 Å². The highest BCUT2D eigenvalue weighted by Crippen LogP contribution is 2.26. The molecule has 0 radical (unpaired) electrons. The van der Waals surface area contributed by atoms with Crippen LogP contribution in [0.15, 0.2) is 60.9 Å². The number of para-hydroxylation sites is 1. The summed E-state index contributed by atoms with van der Waals surface area (Å²) in [6.07, 6.45) is 3.41. The minimum atomic E-state index is -0.221. The second-order valence-corrected chi connectivity index (χ2v) is 6.74. The first-order valence-corrected chi connectivity index (χ1v) is 9.32. The molecule has 0 saturated heterocycles. The van der Waals surface area contributed by atoms with Gasteiger partial charge in [0.15, 0.2) is 12.3 Å². The van der Waals surface area contributed by atoms with Gasteiger partial charge in [-0.15, -0.1) is 0 Å². The van der Waals surface area contributed by atoms with E-state index < -0.39 is 0 Å². The van der Waals surface area contributed by atoms with Crippen LogP contribution in [0.25, 0.3) is 16.7 Å². The van der Waals surface area contributed by atoms with E-state index in [1.165, 1.54) is 0 Å². The van der Waals surface area contributed by atoms with Crippen molar-refractivity contribution in [3.8, 4) is 11.6 Å². The zero-order valence-corrected chi connectivity index (χ0v) is 16.3. The number of aromatic nitrogens is 4. The molecule has 0 saturated carbocycles. The smallest absolute Gasteiger partial charge is 0.258 e. The summed E-state index contributed by atoms with van der Waals surface area (Å²) < 4.78 is 7.46. The Morgan fingerprint density at radius 1 is 1.14 bits per heavy atom. The SMILES string of the molecule is Cc1cc(OCC(=O)NCc2cccnc2)nc2c1c(C)nn2-c1ccccc1. The average Bonchev–Trinajstić information content (AvgIpc) is 3.09. The van der Waals surface area contributed by atoms with Gasteiger partial charge in [-0.3, -0.25) is 9.78 Å². The number of amides is 1. The van der Waals surface area contributed by atoms with Gasteiger partial charge >= 0.3 is 0 Å². The first-order valence-electron chi connectivity index (χ1n) is 9.32. The molecule has 146 valence electrons. The molecule has 0 bridgehead atoms. The predicted octanol–water partition coefficient (Wildman–Crippen LogP) is 3.13. The Kier molecular flexibility index (Phi) is 5.20. The van der Waals surface area contributed by atoms with Crippen LogP contribution in [-0.4, -0.2) is 32.3 Å². The van der Waals surface area contributed by atoms with Crippen LogP contribution in [0.2, 0.25) is 0 Å². The summed E-state index contributed by atoms with van der Waals surface area (Å²) in [5, 5.41) is 8.43. The molecule has 0 aliphatic carbocycles. The number of ether oxygens (including phenoxy) is 1. The number of fused-ring (bicyclic) bond motifs is 1. The van der Waals surface area contributed by atoms with Crippen LogP contribution in [0.4, 0.5) is 0 Å². The maximum Gasteiger partial charge on any atom is 0.258 e. The molecule has 0 atom stereocenters. The normalized spacial score (nSPS) is 10.8. The third-order valence-electron chi connectivity index (χ3n) is 4.55. The van der Waals surface area contributed by atoms with Crippen molar-refractivity contribution < 1.29 is 9.53 Å². The number of rotatable bonds is 6. The maximum atomic E-state index is 12.1. The number of hydrogen-bond donors (Lipinski definition) is 1. The molecule has 1 N–H and O–H groups in total. The van der Waals surface area contributed by atoms with Gasteiger partial charge in [-0.05, 0) is 43.2 Å². The van der Waals surface area contributed by atoms with Crippen molar-refractivity contribution in [2.45, 2.75) is 20.4 Å². The monoisotopic (exact) mass is 387 g/mol. The van der Waals surface area contributed by atoms with Crippen LogP contribution in [-0.2, 0) is 11.3 Å². The molecule has 1 aromatic carbocycles. The first-order chi connectivity index (χ1) is 14.1. The molecule has 29 heavy (non-hydrogen) atoms. The predicted molar refractivity (Wildman–Crippen MR) is 110 cm³/mol. The standard InChI is InChI=1S/C22H21N5O2/c1-15-11-20(29-14-19(28)24-13-17-7-6-10-23-12-17)25-22-21(15)16(2)26-27(22)18-8-4-3-5-9-18/h3-12H,13-14H2,1-2H3,(H,24,28). The van der Waals surface area contributed by atoms with Gasteiger partial charge in [0.05, 0.1) is 11.4 Å². The maximum absolute atomic E-state index is 12.1. The topological polar surface area (TPSA) is 81.9 Å². The zero-order chi connectivity index (χ0) is 20.2. The van der Waals surface area contributed by atoms with E-state index in [0.29, 0.717) is 18.1 Å². The molecule has 7 nitrogen and oxygen atoms in total. The lowest BCUT2D eigenvalue weighted by Gasteiger charge is -2.09. The lowest BCUT2D eigenvalue weighted by Crippen LogP contribution is -2.28. The molecule has 1 amide bonds. The van der Waals surface area contributed by atoms with E-state index >= 15 is 0 Å². The van der Waals surface area contributed by atoms with Crippen molar-refractivity contribution >= 4 is 16.9 Å². The van der Waals surface area contributed by atoms with Gasteiger partial charge in [-0.25, -0.2) is 4.68 Å². The average molecular weight is 387 g/mol. The van der Waals surface area contributed by atoms with E-state index in [-0.39, 0.29) is 12.5 Å². The van der Waals surface area contributed by atoms with E-state index in [1.807, 2.05) is 62.4 Å². The second-order valence-electron chi connectivity index (χ2n) is 6.74. The molecule has 3 heterocycles. The summed E-state index contributed by atoms with van der Waals surface area (Å²) >= 11 is 0. The van der Waals surface area contributed by atoms with Gasteiger partial charge in [0.2, 0.25) is 5.88 Å². The van der Waals surface area contributed by atoms with Gasteiger partial charge in [0.1, 0.15) is 0 Å². The zero-order valence-electron chi connectivity index (χ0n) is 16.3. The van der Waals surface area contributed by atoms with Crippen molar-refractivity contribution in [3.05, 3.63) is 77.7 Å². The molecule has 0 spiro atoms. The summed E-state index contributed by atoms with van der Waals surface area (Å²) in [6, 6.07) is 15.4. The lowest BCUT2D eigenvalue weighted by atomic mass is 10.2. The quantitative estimate of drug-likeness (QED) is 0.550. The van der Waals surface area contributed by atoms with Gasteiger partial charge in [0, 0.05) is 30.4 Å². The van der Waals surface area contributed by atoms with E-state index in [0.717, 1.165) is 27.9 Å². The number of hydrogen-bond acceptors (Lipinski definition) is 5. The highest BCUT2D eigenvalue weighted by molar-refractivity contribution is 5.84. The van der Waals surface area contributed by atoms with Crippen molar-refractivity contribution in [3.63, 3.8) is 0 Å². The fraction of sp³-hybridized carbons (Fsp3) is 0.182. The van der Waals surface area contributed by atoms with Crippen molar-refractivity contribution in [2.75, 3.05) is 6.61 Å². The molecule has 4 rings (SSSR count). The Labute approximate surface area is 168 Å². The van der Waals surface area contributed by atoms with Crippen molar-refractivity contribution in [1.82, 2.24) is 25.1 Å². The Morgan fingerprint density at radius 2 is 1.97 bits per heavy atom. The van der Waals surface area contributed by atoms with Crippen LogP contribution >= 0.6 is 0 Å². The Hall–Kier alpha value is -3.74. The van der Waals surface area contributed by atoms with E-state index in [4.69, 9.17) is 4.74 Å². The fourth-order valence-electron chi connectivity index (χ4n) is 3.19. The molecule has 0 unspecified atom stereocenters. The van der Waals surface area contributed by atoms with Crippen LogP contribution in [0.3, 0.4) is 0 Å². The molecular formula is C22H21N5O2. The number of pyridine rings is 2. The highest BCUT2D eigenvalue weighted by Gasteiger charge is 2.15. The van der Waals surface area contributed by atoms with Crippen molar-refractivity contribution in [1.29, 1.82) is 0 Å². The van der Waals surface area contributed by atoms with Crippen molar-refractivity contribution in [2.24, 2.45) is 0 Å². The molecule has 0 aliphatic rings. The van der Waals surface area contributed by atoms with Crippen LogP contribution in [0.1, 0.15) is 16.8 Å². The lowest BCUT2D eigenvalue weighted by molar-refractivity contribution is -0.123. The summed E-state index contributed by atoms with van der Waals surface area (Å²) in [5.74, 6) is 0.171. The largest absolute Gasteiger partial charge is 0.468 e. The Morgan fingerprint density at radius 3 is 2.72 bits per heavy atom. The Bertz CT molecular complexity index is 1140. The van der Waals surface area contributed by atoms with Crippen LogP contribution in [0.5, 0.6) is 5.88 Å². The van der Waals surface area contributed by atoms with E-state index in [1.54, 1.807) is 17.1 Å². The fourth-order valence-corrected chi connectivity index (χ4v) is 3.19. The summed E-state index contributed by atoms with van der Waals surface area (Å²) in [4.78, 5) is 20.8. The van der Waals surface area contributed by atoms with Gasteiger partial charge in [0.25, 0.3) is 5.91 Å². The highest BCUT2D eigenvalue weighted by atomic mass is 16.5. The van der Waals surface area contributed by atoms with Crippen LogP contribution < -0.4 is 10.1 Å². The van der Waals surface area contributed by atoms with E-state index in [9.17, 15) is 4.79 Å².